The van der Waals surface area contributed by atoms with Crippen LogP contribution in [0.4, 0.5) is 0 Å². The lowest BCUT2D eigenvalue weighted by Crippen LogP contribution is -2.30. The van der Waals surface area contributed by atoms with Gasteiger partial charge in [-0.3, -0.25) is 37.3 Å². The first-order chi connectivity index (χ1) is 52.2. The van der Waals surface area contributed by atoms with Gasteiger partial charge in [-0.1, -0.05) is 421 Å². The summed E-state index contributed by atoms with van der Waals surface area (Å²) < 4.78 is 69.0. The van der Waals surface area contributed by atoms with Gasteiger partial charge in [0.25, 0.3) is 0 Å². The molecule has 642 valence electrons. The summed E-state index contributed by atoms with van der Waals surface area (Å²) in [6.45, 7) is 12.0. The lowest BCUT2D eigenvalue weighted by Gasteiger charge is -2.21. The van der Waals surface area contributed by atoms with Gasteiger partial charge in [0.15, 0.2) is 12.2 Å². The highest BCUT2D eigenvalue weighted by Crippen LogP contribution is 2.45. The molecule has 0 fully saturated rings. The molecule has 0 radical (unpaired) electrons. The van der Waals surface area contributed by atoms with E-state index in [4.69, 9.17) is 37.0 Å². The highest BCUT2D eigenvalue weighted by Gasteiger charge is 2.31. The zero-order valence-corrected chi connectivity index (χ0v) is 73.1. The van der Waals surface area contributed by atoms with Crippen LogP contribution in [0.3, 0.4) is 0 Å². The van der Waals surface area contributed by atoms with Crippen molar-refractivity contribution in [3.05, 3.63) is 0 Å². The van der Waals surface area contributed by atoms with E-state index < -0.39 is 97.5 Å². The van der Waals surface area contributed by atoms with Gasteiger partial charge in [-0.25, -0.2) is 9.13 Å². The summed E-state index contributed by atoms with van der Waals surface area (Å²) in [5, 5.41) is 10.7. The second kappa shape index (κ2) is 78.9. The Labute approximate surface area is 664 Å². The fraction of sp³-hybridized carbons (Fsp3) is 0.955. The summed E-state index contributed by atoms with van der Waals surface area (Å²) >= 11 is 0. The normalized spacial score (nSPS) is 13.8. The molecule has 0 aromatic rings. The van der Waals surface area contributed by atoms with Gasteiger partial charge in [-0.05, 0) is 43.4 Å². The molecule has 0 heterocycles. The lowest BCUT2D eigenvalue weighted by atomic mass is 10.0. The van der Waals surface area contributed by atoms with Crippen molar-refractivity contribution in [3.8, 4) is 0 Å². The Hall–Kier alpha value is -1.94. The largest absolute Gasteiger partial charge is 0.472 e. The van der Waals surface area contributed by atoms with Crippen LogP contribution in [0.1, 0.15) is 472 Å². The molecule has 19 heteroatoms. The van der Waals surface area contributed by atoms with E-state index in [-0.39, 0.29) is 25.7 Å². The number of phosphoric acid groups is 2. The van der Waals surface area contributed by atoms with Crippen molar-refractivity contribution in [1.82, 2.24) is 0 Å². The quantitative estimate of drug-likeness (QED) is 0.0222. The van der Waals surface area contributed by atoms with E-state index in [1.54, 1.807) is 0 Å². The Kier molecular flexibility index (Phi) is 77.5. The number of carbonyl (C=O) groups excluding carboxylic acids is 4. The number of hydrogen-bond donors (Lipinski definition) is 3. The molecular formula is C89H174O17P2. The van der Waals surface area contributed by atoms with Crippen LogP contribution in [0.25, 0.3) is 0 Å². The third-order valence-electron chi connectivity index (χ3n) is 20.9. The number of hydrogen-bond acceptors (Lipinski definition) is 15. The van der Waals surface area contributed by atoms with Gasteiger partial charge in [-0.2, -0.15) is 0 Å². The number of aliphatic hydroxyl groups excluding tert-OH is 1. The predicted molar refractivity (Wildman–Crippen MR) is 446 cm³/mol. The van der Waals surface area contributed by atoms with E-state index in [1.165, 1.54) is 276 Å². The summed E-state index contributed by atoms with van der Waals surface area (Å²) in [7, 11) is -9.93. The van der Waals surface area contributed by atoms with Crippen LogP contribution in [0, 0.1) is 17.8 Å². The van der Waals surface area contributed by atoms with Gasteiger partial charge in [-0.15, -0.1) is 0 Å². The highest BCUT2D eigenvalue weighted by atomic mass is 31.2. The fourth-order valence-electron chi connectivity index (χ4n) is 13.9. The standard InChI is InChI=1S/C89H174O17P2/c1-8-9-10-11-12-13-14-15-16-17-21-28-33-38-43-50-58-66-73-89(94)106-85(77-100-87(92)71-64-57-52-45-48-55-62-69-82(6)7)79-104-108(97,98)102-75-83(90)74-101-107(95,96)103-78-84(76-99-86(91)70-63-56-49-42-37-32-27-24-23-26-31-36-41-47-54-61-68-81(4)5)105-88(93)72-65-59-51-44-39-34-29-22-19-18-20-25-30-35-40-46-53-60-67-80(2)3/h80-85,90H,8-79H2,1-7H3,(H,95,96)(H,97,98)/t83-,84-,85-/m1/s1. The molecule has 3 N–H and O–H groups in total. The van der Waals surface area contributed by atoms with Gasteiger partial charge in [0, 0.05) is 25.7 Å². The molecule has 0 aliphatic heterocycles. The first-order valence-corrected chi connectivity index (χ1v) is 48.8. The topological polar surface area (TPSA) is 237 Å². The summed E-state index contributed by atoms with van der Waals surface area (Å²) in [5.74, 6) is 0.236. The van der Waals surface area contributed by atoms with Crippen LogP contribution in [0.5, 0.6) is 0 Å². The first-order valence-electron chi connectivity index (χ1n) is 45.8. The molecule has 0 saturated carbocycles. The van der Waals surface area contributed by atoms with Crippen LogP contribution in [0.15, 0.2) is 0 Å². The number of carbonyl (C=O) groups is 4. The average Bonchev–Trinajstić information content (AvgIpc) is 0.901. The zero-order valence-electron chi connectivity index (χ0n) is 71.3. The monoisotopic (exact) mass is 1580 g/mol. The summed E-state index contributed by atoms with van der Waals surface area (Å²) in [5.41, 5.74) is 0. The Balaban J connectivity index is 5.22. The second-order valence-electron chi connectivity index (χ2n) is 33.4. The molecular weight excluding hydrogens is 1400 g/mol. The van der Waals surface area contributed by atoms with Crippen molar-refractivity contribution in [2.24, 2.45) is 17.8 Å². The SMILES string of the molecule is CCCCCCCCCCCCCCCCCCCCC(=O)O[C@H](COC(=O)CCCCCCCCCC(C)C)COP(=O)(O)OC[C@H](O)COP(=O)(O)OC[C@@H](COC(=O)CCCCCCCCCCCCCCCCCCC(C)C)OC(=O)CCCCCCCCCCCCCCCCCCCCC(C)C. The maximum Gasteiger partial charge on any atom is 0.472 e. The minimum atomic E-state index is -4.97. The minimum Gasteiger partial charge on any atom is -0.462 e. The summed E-state index contributed by atoms with van der Waals surface area (Å²) in [6, 6.07) is 0. The number of rotatable bonds is 87. The van der Waals surface area contributed by atoms with E-state index in [2.05, 4.69) is 48.5 Å². The Morgan fingerprint density at radius 1 is 0.250 bits per heavy atom. The van der Waals surface area contributed by atoms with Gasteiger partial charge < -0.3 is 33.8 Å². The summed E-state index contributed by atoms with van der Waals surface area (Å²) in [6.07, 6.45) is 71.0. The molecule has 0 spiro atoms. The van der Waals surface area contributed by atoms with Gasteiger partial charge in [0.2, 0.25) is 0 Å². The molecule has 0 aliphatic rings. The fourth-order valence-corrected chi connectivity index (χ4v) is 15.5. The number of ether oxygens (including phenoxy) is 4. The summed E-state index contributed by atoms with van der Waals surface area (Å²) in [4.78, 5) is 73.3. The van der Waals surface area contributed by atoms with E-state index in [1.807, 2.05) is 0 Å². The van der Waals surface area contributed by atoms with Crippen molar-refractivity contribution in [2.45, 2.75) is 491 Å². The van der Waals surface area contributed by atoms with E-state index in [0.717, 1.165) is 108 Å². The van der Waals surface area contributed by atoms with Crippen LogP contribution in [-0.2, 0) is 65.4 Å². The Morgan fingerprint density at radius 2 is 0.426 bits per heavy atom. The maximum atomic E-state index is 13.2. The van der Waals surface area contributed by atoms with E-state index in [0.29, 0.717) is 31.6 Å². The molecule has 0 saturated heterocycles. The number of aliphatic hydroxyl groups is 1. The first kappa shape index (κ1) is 106. The molecule has 0 rings (SSSR count). The van der Waals surface area contributed by atoms with Crippen LogP contribution < -0.4 is 0 Å². The van der Waals surface area contributed by atoms with Gasteiger partial charge >= 0.3 is 39.5 Å². The Morgan fingerprint density at radius 3 is 0.630 bits per heavy atom. The lowest BCUT2D eigenvalue weighted by molar-refractivity contribution is -0.161. The molecule has 0 aromatic heterocycles. The Bertz CT molecular complexity index is 2080. The molecule has 0 aromatic carbocycles. The van der Waals surface area contributed by atoms with E-state index in [9.17, 15) is 43.2 Å². The highest BCUT2D eigenvalue weighted by molar-refractivity contribution is 7.47. The van der Waals surface area contributed by atoms with E-state index >= 15 is 0 Å². The average molecular weight is 1580 g/mol. The number of phosphoric ester groups is 2. The molecule has 0 aliphatic carbocycles. The molecule has 108 heavy (non-hydrogen) atoms. The number of esters is 4. The molecule has 2 unspecified atom stereocenters. The smallest absolute Gasteiger partial charge is 0.462 e. The molecule has 5 atom stereocenters. The predicted octanol–water partition coefficient (Wildman–Crippen LogP) is 27.3. The van der Waals surface area contributed by atoms with Crippen LogP contribution >= 0.6 is 15.6 Å². The molecule has 0 bridgehead atoms. The zero-order chi connectivity index (χ0) is 79.3. The van der Waals surface area contributed by atoms with Crippen LogP contribution in [0.2, 0.25) is 0 Å². The van der Waals surface area contributed by atoms with Crippen molar-refractivity contribution in [2.75, 3.05) is 39.6 Å². The van der Waals surface area contributed by atoms with Crippen LogP contribution in [-0.4, -0.2) is 96.7 Å². The van der Waals surface area contributed by atoms with Crippen molar-refractivity contribution in [3.63, 3.8) is 0 Å². The van der Waals surface area contributed by atoms with Crippen molar-refractivity contribution in [1.29, 1.82) is 0 Å². The third-order valence-corrected chi connectivity index (χ3v) is 22.8. The maximum absolute atomic E-state index is 13.2. The van der Waals surface area contributed by atoms with Crippen molar-refractivity contribution >= 4 is 39.5 Å². The third kappa shape index (κ3) is 82.1. The van der Waals surface area contributed by atoms with Gasteiger partial charge in [0.1, 0.15) is 19.3 Å². The van der Waals surface area contributed by atoms with Crippen molar-refractivity contribution < 1.29 is 80.2 Å². The minimum absolute atomic E-state index is 0.108. The second-order valence-corrected chi connectivity index (χ2v) is 36.3. The van der Waals surface area contributed by atoms with Gasteiger partial charge in [0.05, 0.1) is 26.4 Å². The molecule has 0 amide bonds. The number of unbranched alkanes of at least 4 members (excludes halogenated alkanes) is 55. The molecule has 17 nitrogen and oxygen atoms in total.